The molecule has 1 aromatic heterocycles. The Labute approximate surface area is 188 Å². The molecular formula is C21H21ClF2N3O3S+. The molecule has 0 spiro atoms. The quantitative estimate of drug-likeness (QED) is 0.154. The van der Waals surface area contributed by atoms with Crippen LogP contribution in [-0.2, 0) is 10.6 Å². The Bertz CT molecular complexity index is 1040. The van der Waals surface area contributed by atoms with Gasteiger partial charge in [-0.2, -0.15) is 18.1 Å². The minimum atomic E-state index is -0.683. The molecule has 0 aliphatic rings. The molecule has 0 radical (unpaired) electrons. The lowest BCUT2D eigenvalue weighted by Gasteiger charge is -2.13. The maximum Gasteiger partial charge on any atom is 0.223 e. The van der Waals surface area contributed by atoms with Gasteiger partial charge in [-0.3, -0.25) is 0 Å². The van der Waals surface area contributed by atoms with Crippen molar-refractivity contribution < 1.29 is 28.6 Å². The van der Waals surface area contributed by atoms with E-state index in [0.717, 1.165) is 17.4 Å². The predicted octanol–water partition coefficient (Wildman–Crippen LogP) is 4.11. The van der Waals surface area contributed by atoms with Crippen LogP contribution in [0.1, 0.15) is 12.0 Å². The number of hydrogen-bond acceptors (Lipinski definition) is 6. The Kier molecular flexibility index (Phi) is 8.42. The van der Waals surface area contributed by atoms with Crippen molar-refractivity contribution in [1.82, 2.24) is 9.97 Å². The summed E-state index contributed by atoms with van der Waals surface area (Å²) >= 11 is 10.1. The van der Waals surface area contributed by atoms with Gasteiger partial charge in [0.1, 0.15) is 23.0 Å². The minimum absolute atomic E-state index is 0.0586. The van der Waals surface area contributed by atoms with Crippen molar-refractivity contribution in [3.8, 4) is 22.8 Å². The Balaban J connectivity index is 1.62. The Morgan fingerprint density at radius 3 is 2.68 bits per heavy atom. The standard InChI is InChI=1S/C21H20ClF2N3O3S/c1-28-27-15-7-13(12-31)8-16(10-15)29-5-2-6-30-19-9-14(23)3-4-17(19)20-18(24)11-25-21(22)26-20/h3-4,7-11,27,31H,2,5-6,12H2,1H3/p+1. The average Bonchev–Trinajstić information content (AvgIpc) is 2.75. The van der Waals surface area contributed by atoms with Crippen LogP contribution in [0.2, 0.25) is 5.28 Å². The fourth-order valence-electron chi connectivity index (χ4n) is 2.84. The van der Waals surface area contributed by atoms with Gasteiger partial charge in [-0.15, -0.1) is 0 Å². The average molecular weight is 469 g/mol. The molecule has 6 nitrogen and oxygen atoms in total. The zero-order valence-electron chi connectivity index (χ0n) is 16.6. The topological polar surface area (TPSA) is 70.1 Å². The second kappa shape index (κ2) is 11.2. The van der Waals surface area contributed by atoms with Gasteiger partial charge in [-0.1, -0.05) is 0 Å². The summed E-state index contributed by atoms with van der Waals surface area (Å²) in [5, 5.41) is -0.117. The van der Waals surface area contributed by atoms with Gasteiger partial charge in [0.05, 0.1) is 26.5 Å². The van der Waals surface area contributed by atoms with E-state index >= 15 is 0 Å². The lowest BCUT2D eigenvalue weighted by atomic mass is 10.1. The molecule has 3 aromatic rings. The number of nitrogens with zero attached hydrogens (tertiary/aromatic N) is 2. The molecule has 0 aliphatic carbocycles. The van der Waals surface area contributed by atoms with Gasteiger partial charge in [-0.25, -0.2) is 23.6 Å². The molecule has 164 valence electrons. The monoisotopic (exact) mass is 468 g/mol. The Morgan fingerprint density at radius 2 is 1.90 bits per heavy atom. The normalized spacial score (nSPS) is 10.9. The third kappa shape index (κ3) is 6.51. The number of nitrogens with two attached hydrogens (primary N) is 1. The highest BCUT2D eigenvalue weighted by Gasteiger charge is 2.15. The van der Waals surface area contributed by atoms with E-state index in [1.54, 1.807) is 12.6 Å². The summed E-state index contributed by atoms with van der Waals surface area (Å²) in [5.74, 6) is 0.205. The highest BCUT2D eigenvalue weighted by Crippen LogP contribution is 2.31. The highest BCUT2D eigenvalue weighted by molar-refractivity contribution is 7.79. The van der Waals surface area contributed by atoms with Crippen LogP contribution in [0.25, 0.3) is 11.3 Å². The maximum absolute atomic E-state index is 14.1. The van der Waals surface area contributed by atoms with Crippen LogP contribution < -0.4 is 15.0 Å². The van der Waals surface area contributed by atoms with Gasteiger partial charge in [0.25, 0.3) is 0 Å². The Morgan fingerprint density at radius 1 is 1.10 bits per heavy atom. The van der Waals surface area contributed by atoms with Crippen molar-refractivity contribution in [1.29, 1.82) is 0 Å². The molecule has 2 N–H and O–H groups in total. The molecule has 0 fully saturated rings. The van der Waals surface area contributed by atoms with E-state index in [9.17, 15) is 8.78 Å². The van der Waals surface area contributed by atoms with Gasteiger partial charge in [0.2, 0.25) is 5.28 Å². The molecular weight excluding hydrogens is 448 g/mol. The van der Waals surface area contributed by atoms with Gasteiger partial charge < -0.3 is 9.47 Å². The van der Waals surface area contributed by atoms with Gasteiger partial charge in [0, 0.05) is 35.9 Å². The maximum atomic E-state index is 14.1. The second-order valence-corrected chi connectivity index (χ2v) is 7.10. The van der Waals surface area contributed by atoms with E-state index in [4.69, 9.17) is 25.9 Å². The molecule has 1 heterocycles. The van der Waals surface area contributed by atoms with Crippen LogP contribution in [0.3, 0.4) is 0 Å². The summed E-state index contributed by atoms with van der Waals surface area (Å²) in [5.41, 5.74) is 3.71. The molecule has 0 saturated carbocycles. The fraction of sp³-hybridized carbons (Fsp3) is 0.238. The third-order valence-electron chi connectivity index (χ3n) is 4.15. The molecule has 10 heteroatoms. The van der Waals surface area contributed by atoms with Crippen LogP contribution >= 0.6 is 24.2 Å². The zero-order valence-corrected chi connectivity index (χ0v) is 18.3. The van der Waals surface area contributed by atoms with Crippen LogP contribution in [-0.4, -0.2) is 30.3 Å². The van der Waals surface area contributed by atoms with Gasteiger partial charge >= 0.3 is 0 Å². The SMILES string of the molecule is CO[NH2+]c1cc(CS)cc(OCCCOc2cc(F)ccc2-c2nc(Cl)ncc2F)c1. The highest BCUT2D eigenvalue weighted by atomic mass is 35.5. The minimum Gasteiger partial charge on any atom is -0.493 e. The second-order valence-electron chi connectivity index (χ2n) is 6.45. The molecule has 0 bridgehead atoms. The summed E-state index contributed by atoms with van der Waals surface area (Å²) < 4.78 is 39.3. The summed E-state index contributed by atoms with van der Waals surface area (Å²) in [4.78, 5) is 12.5. The molecule has 0 amide bonds. The molecule has 0 unspecified atom stereocenters. The lowest BCUT2D eigenvalue weighted by molar-refractivity contribution is -0.830. The first-order chi connectivity index (χ1) is 15.0. The van der Waals surface area contributed by atoms with E-state index in [1.807, 2.05) is 18.2 Å². The van der Waals surface area contributed by atoms with Crippen molar-refractivity contribution in [2.45, 2.75) is 12.2 Å². The number of thiol groups is 1. The van der Waals surface area contributed by atoms with Crippen LogP contribution in [0.4, 0.5) is 14.5 Å². The van der Waals surface area contributed by atoms with E-state index in [-0.39, 0.29) is 28.9 Å². The van der Waals surface area contributed by atoms with Crippen LogP contribution in [0.5, 0.6) is 11.5 Å². The third-order valence-corrected chi connectivity index (χ3v) is 4.70. The van der Waals surface area contributed by atoms with Crippen LogP contribution in [0, 0.1) is 11.6 Å². The summed E-state index contributed by atoms with van der Waals surface area (Å²) in [6.45, 7) is 0.584. The van der Waals surface area contributed by atoms with Crippen molar-refractivity contribution in [2.24, 2.45) is 0 Å². The summed E-state index contributed by atoms with van der Waals surface area (Å²) in [6, 6.07) is 9.46. The number of rotatable bonds is 10. The summed E-state index contributed by atoms with van der Waals surface area (Å²) in [7, 11) is 1.58. The van der Waals surface area contributed by atoms with Crippen LogP contribution in [0.15, 0.2) is 42.6 Å². The molecule has 3 rings (SSSR count). The summed E-state index contributed by atoms with van der Waals surface area (Å²) in [6.07, 6.45) is 1.47. The van der Waals surface area contributed by atoms with Crippen molar-refractivity contribution >= 4 is 29.9 Å². The lowest BCUT2D eigenvalue weighted by Crippen LogP contribution is -2.75. The molecule has 0 atom stereocenters. The van der Waals surface area contributed by atoms with Crippen molar-refractivity contribution in [3.63, 3.8) is 0 Å². The van der Waals surface area contributed by atoms with E-state index in [2.05, 4.69) is 22.6 Å². The van der Waals surface area contributed by atoms with Gasteiger partial charge in [-0.05, 0) is 35.4 Å². The molecule has 0 aliphatic heterocycles. The number of aromatic nitrogens is 2. The molecule has 0 saturated heterocycles. The number of hydrogen-bond donors (Lipinski definition) is 2. The number of benzene rings is 2. The number of quaternary nitrogens is 1. The molecule has 2 aromatic carbocycles. The van der Waals surface area contributed by atoms with Crippen molar-refractivity contribution in [3.05, 3.63) is 65.1 Å². The Hall–Kier alpha value is -2.46. The largest absolute Gasteiger partial charge is 0.493 e. The first kappa shape index (κ1) is 23.2. The van der Waals surface area contributed by atoms with Crippen molar-refractivity contribution in [2.75, 3.05) is 20.3 Å². The smallest absolute Gasteiger partial charge is 0.223 e. The fourth-order valence-corrected chi connectivity index (χ4v) is 3.16. The first-order valence-corrected chi connectivity index (χ1v) is 10.4. The number of halogens is 3. The zero-order chi connectivity index (χ0) is 22.2. The van der Waals surface area contributed by atoms with Gasteiger partial charge in [0.15, 0.2) is 11.5 Å². The predicted molar refractivity (Wildman–Crippen MR) is 116 cm³/mol. The van der Waals surface area contributed by atoms with E-state index in [1.165, 1.54) is 18.2 Å². The first-order valence-electron chi connectivity index (χ1n) is 9.34. The van der Waals surface area contributed by atoms with E-state index < -0.39 is 11.6 Å². The number of ether oxygens (including phenoxy) is 2. The van der Waals surface area contributed by atoms with E-state index in [0.29, 0.717) is 24.5 Å². The molecule has 31 heavy (non-hydrogen) atoms.